The molecule has 0 aromatic carbocycles. The summed E-state index contributed by atoms with van der Waals surface area (Å²) in [5.74, 6) is 0.950. The molecule has 0 spiro atoms. The summed E-state index contributed by atoms with van der Waals surface area (Å²) in [7, 11) is 0. The van der Waals surface area contributed by atoms with Gasteiger partial charge in [0.15, 0.2) is 5.69 Å². The minimum atomic E-state index is -0.260. The Morgan fingerprint density at radius 1 is 1.41 bits per heavy atom. The molecule has 146 valence electrons. The van der Waals surface area contributed by atoms with Gasteiger partial charge in [0.05, 0.1) is 18.6 Å². The maximum Gasteiger partial charge on any atom is 0.273 e. The number of likely N-dealkylation sites (tertiary alicyclic amines) is 1. The highest BCUT2D eigenvalue weighted by Gasteiger charge is 2.37. The summed E-state index contributed by atoms with van der Waals surface area (Å²) in [4.78, 5) is 27.3. The second kappa shape index (κ2) is 8.52. The molecule has 27 heavy (non-hydrogen) atoms. The highest BCUT2D eigenvalue weighted by atomic mass is 16.5. The van der Waals surface area contributed by atoms with Crippen molar-refractivity contribution in [1.29, 1.82) is 0 Å². The molecule has 0 bridgehead atoms. The zero-order chi connectivity index (χ0) is 19.4. The van der Waals surface area contributed by atoms with E-state index in [1.165, 1.54) is 0 Å². The van der Waals surface area contributed by atoms with Gasteiger partial charge >= 0.3 is 0 Å². The number of ketones is 1. The predicted molar refractivity (Wildman–Crippen MR) is 99.1 cm³/mol. The normalized spacial score (nSPS) is 20.3. The number of rotatable bonds is 8. The van der Waals surface area contributed by atoms with Gasteiger partial charge in [-0.05, 0) is 18.4 Å². The van der Waals surface area contributed by atoms with Gasteiger partial charge in [0.25, 0.3) is 5.91 Å². The number of carbonyl (C=O) groups excluding carboxylic acids is 2. The van der Waals surface area contributed by atoms with Crippen molar-refractivity contribution in [1.82, 2.24) is 15.4 Å². The second-order valence-electron chi connectivity index (χ2n) is 7.58. The lowest BCUT2D eigenvalue weighted by Crippen LogP contribution is -2.37. The van der Waals surface area contributed by atoms with Crippen LogP contribution in [0.2, 0.25) is 0 Å². The Bertz CT molecular complexity index is 766. The SMILES string of the molecule is CCc1cc(C(=O)N[C@@H]2C[C@@H](C(=O)CC(C)C)N(Cc3ccoc3)C2)no1. The van der Waals surface area contributed by atoms with Crippen molar-refractivity contribution >= 4 is 11.7 Å². The molecule has 0 saturated carbocycles. The van der Waals surface area contributed by atoms with E-state index in [0.717, 1.165) is 5.56 Å². The van der Waals surface area contributed by atoms with Gasteiger partial charge < -0.3 is 14.3 Å². The third-order valence-corrected chi connectivity index (χ3v) is 4.83. The summed E-state index contributed by atoms with van der Waals surface area (Å²) >= 11 is 0. The molecule has 3 rings (SSSR count). The Balaban J connectivity index is 1.67. The first kappa shape index (κ1) is 19.4. The van der Waals surface area contributed by atoms with Crippen LogP contribution < -0.4 is 5.32 Å². The maximum absolute atomic E-state index is 12.7. The van der Waals surface area contributed by atoms with E-state index in [2.05, 4.69) is 15.4 Å². The summed E-state index contributed by atoms with van der Waals surface area (Å²) in [5, 5.41) is 6.82. The van der Waals surface area contributed by atoms with Crippen molar-refractivity contribution < 1.29 is 18.5 Å². The number of aromatic nitrogens is 1. The van der Waals surface area contributed by atoms with E-state index in [9.17, 15) is 9.59 Å². The van der Waals surface area contributed by atoms with E-state index in [0.29, 0.717) is 44.0 Å². The third-order valence-electron chi connectivity index (χ3n) is 4.83. The van der Waals surface area contributed by atoms with Crippen molar-refractivity contribution in [2.24, 2.45) is 5.92 Å². The van der Waals surface area contributed by atoms with Crippen LogP contribution in [0.1, 0.15) is 55.4 Å². The molecule has 0 unspecified atom stereocenters. The number of amides is 1. The lowest BCUT2D eigenvalue weighted by atomic mass is 9.99. The molecule has 1 N–H and O–H groups in total. The molecule has 3 heterocycles. The molecule has 1 saturated heterocycles. The fraction of sp³-hybridized carbons (Fsp3) is 0.550. The van der Waals surface area contributed by atoms with E-state index >= 15 is 0 Å². The second-order valence-corrected chi connectivity index (χ2v) is 7.58. The lowest BCUT2D eigenvalue weighted by molar-refractivity contribution is -0.124. The standard InChI is InChI=1S/C20H27N3O4/c1-4-16-9-17(22-27-16)20(25)21-15-8-18(19(24)7-13(2)3)23(11-15)10-14-5-6-26-12-14/h5-6,9,12-13,15,18H,4,7-8,10-11H2,1-3H3,(H,21,25)/t15-,18+/m1/s1. The minimum Gasteiger partial charge on any atom is -0.472 e. The minimum absolute atomic E-state index is 0.104. The highest BCUT2D eigenvalue weighted by molar-refractivity contribution is 5.92. The molecule has 0 radical (unpaired) electrons. The van der Waals surface area contributed by atoms with E-state index < -0.39 is 0 Å². The lowest BCUT2D eigenvalue weighted by Gasteiger charge is -2.23. The number of hydrogen-bond acceptors (Lipinski definition) is 6. The predicted octanol–water partition coefficient (Wildman–Crippen LogP) is 2.82. The molecule has 1 aliphatic heterocycles. The van der Waals surface area contributed by atoms with Gasteiger partial charge in [-0.3, -0.25) is 14.5 Å². The Labute approximate surface area is 159 Å². The molecule has 2 aromatic rings. The quantitative estimate of drug-likeness (QED) is 0.765. The van der Waals surface area contributed by atoms with E-state index in [1.807, 2.05) is 26.8 Å². The number of Topliss-reactive ketones (excluding diaryl/α,β-unsaturated/α-hetero) is 1. The van der Waals surface area contributed by atoms with Crippen LogP contribution in [0.3, 0.4) is 0 Å². The van der Waals surface area contributed by atoms with Crippen molar-refractivity contribution in [3.63, 3.8) is 0 Å². The van der Waals surface area contributed by atoms with Gasteiger partial charge in [-0.15, -0.1) is 0 Å². The van der Waals surface area contributed by atoms with Gasteiger partial charge in [-0.25, -0.2) is 0 Å². The Kier molecular flexibility index (Phi) is 6.11. The topological polar surface area (TPSA) is 88.6 Å². The van der Waals surface area contributed by atoms with Crippen LogP contribution in [0, 0.1) is 5.92 Å². The van der Waals surface area contributed by atoms with Gasteiger partial charge in [0.1, 0.15) is 11.5 Å². The molecule has 1 amide bonds. The summed E-state index contributed by atoms with van der Waals surface area (Å²) in [6.45, 7) is 7.27. The molecule has 2 aromatic heterocycles. The van der Waals surface area contributed by atoms with Crippen LogP contribution in [-0.4, -0.2) is 40.4 Å². The molecular weight excluding hydrogens is 346 g/mol. The van der Waals surface area contributed by atoms with Gasteiger partial charge in [0, 0.05) is 43.6 Å². The fourth-order valence-corrected chi connectivity index (χ4v) is 3.52. The van der Waals surface area contributed by atoms with Gasteiger partial charge in [-0.1, -0.05) is 25.9 Å². The van der Waals surface area contributed by atoms with E-state index in [4.69, 9.17) is 8.94 Å². The first-order chi connectivity index (χ1) is 13.0. The largest absolute Gasteiger partial charge is 0.472 e. The number of nitrogens with zero attached hydrogens (tertiary/aromatic N) is 2. The molecule has 7 nitrogen and oxygen atoms in total. The average molecular weight is 373 g/mol. The zero-order valence-electron chi connectivity index (χ0n) is 16.1. The van der Waals surface area contributed by atoms with Crippen LogP contribution in [-0.2, 0) is 17.8 Å². The molecular formula is C20H27N3O4. The molecule has 1 fully saturated rings. The maximum atomic E-state index is 12.7. The molecule has 1 aliphatic rings. The number of aryl methyl sites for hydroxylation is 1. The van der Waals surface area contributed by atoms with E-state index in [1.54, 1.807) is 18.6 Å². The monoisotopic (exact) mass is 373 g/mol. The summed E-state index contributed by atoms with van der Waals surface area (Å²) < 4.78 is 10.3. The Morgan fingerprint density at radius 2 is 2.22 bits per heavy atom. The highest BCUT2D eigenvalue weighted by Crippen LogP contribution is 2.24. The number of carbonyl (C=O) groups is 2. The van der Waals surface area contributed by atoms with Crippen molar-refractivity contribution in [2.75, 3.05) is 6.54 Å². The van der Waals surface area contributed by atoms with Crippen molar-refractivity contribution in [3.05, 3.63) is 41.7 Å². The van der Waals surface area contributed by atoms with Crippen LogP contribution in [0.5, 0.6) is 0 Å². The molecule has 2 atom stereocenters. The Hall–Kier alpha value is -2.41. The fourth-order valence-electron chi connectivity index (χ4n) is 3.52. The van der Waals surface area contributed by atoms with Crippen LogP contribution in [0.15, 0.2) is 33.6 Å². The van der Waals surface area contributed by atoms with Crippen molar-refractivity contribution in [2.45, 2.75) is 58.7 Å². The Morgan fingerprint density at radius 3 is 2.85 bits per heavy atom. The molecule has 0 aliphatic carbocycles. The van der Waals surface area contributed by atoms with Crippen LogP contribution in [0.4, 0.5) is 0 Å². The first-order valence-corrected chi connectivity index (χ1v) is 9.50. The molecule has 7 heteroatoms. The smallest absolute Gasteiger partial charge is 0.273 e. The van der Waals surface area contributed by atoms with Crippen LogP contribution >= 0.6 is 0 Å². The van der Waals surface area contributed by atoms with Gasteiger partial charge in [0.2, 0.25) is 0 Å². The van der Waals surface area contributed by atoms with E-state index in [-0.39, 0.29) is 29.5 Å². The third kappa shape index (κ3) is 4.86. The van der Waals surface area contributed by atoms with Crippen LogP contribution in [0.25, 0.3) is 0 Å². The summed E-state index contributed by atoms with van der Waals surface area (Å²) in [6, 6.07) is 3.26. The van der Waals surface area contributed by atoms with Crippen molar-refractivity contribution in [3.8, 4) is 0 Å². The zero-order valence-corrected chi connectivity index (χ0v) is 16.1. The summed E-state index contributed by atoms with van der Waals surface area (Å²) in [6.07, 6.45) is 5.15. The van der Waals surface area contributed by atoms with Gasteiger partial charge in [-0.2, -0.15) is 0 Å². The summed E-state index contributed by atoms with van der Waals surface area (Å²) in [5.41, 5.74) is 1.30. The number of hydrogen-bond donors (Lipinski definition) is 1. The average Bonchev–Trinajstić information content (AvgIpc) is 3.35. The number of furan rings is 1. The first-order valence-electron chi connectivity index (χ1n) is 9.50. The number of nitrogens with one attached hydrogen (secondary N) is 1.